The highest BCUT2D eigenvalue weighted by Gasteiger charge is 2.65. The molecule has 0 saturated carbocycles. The third-order valence-corrected chi connectivity index (χ3v) is 25.5. The molecule has 0 aromatic heterocycles. The fourth-order valence-corrected chi connectivity index (χ4v) is 17.9. The smallest absolute Gasteiger partial charge is 0.364 e. The fraction of sp³-hybridized carbons (Fsp3) is 0.935. The first-order chi connectivity index (χ1) is 65.0. The Bertz CT molecular complexity index is 3860. The molecule has 0 aromatic rings. The SMILES string of the molecule is CC(=O)N[C@@H]1[C@@H](O)[C@H](O[C@@H]2O[C@H](CO)[C@@H](O[C@H]3O[C@H](CO[C@H]4O[C@H](CO)[C@@H](O)[C@H](O[C@H]5O[C@H](CO)[C@@H](O)[C@H](O)[C@@H]5O)[C@@H]4O)[C@@H](O)[C@H](O[C@@H]4O[C@H](CO)[C@@H](O)[C@H](O)[C@@H]4O[C@@H]4O[C@H](CO)[C@@H](O[C@@H]5O[C@H](CO)[C@H](O)[C@H](O[C@]6(C(=O)O)C[C@H](O)[C@@H](NC(C)=O)[C@H]([C@H](O)[C@H](O)CO)O6)[C@H]5O)[C@H](O[C@H]5O[C@H](C)[C@H](O)[C@H](O)[C@H]5O)[C@H]4NC(C)=O)[C@@H]3O)[C@H](O)[C@H]2NC(C)=O)[C@@H](CO[C@@H]2O[C@H](C)[C@H](O)[C@H](O)[C@H]2O)O[C@H]1O. The van der Waals surface area contributed by atoms with E-state index < -0.39 is 439 Å². The van der Waals surface area contributed by atoms with Crippen LogP contribution < -0.4 is 21.3 Å². The number of hydrogen-bond acceptors (Lipinski definition) is 56. The quantitative estimate of drug-likeness (QED) is 0.0277. The van der Waals surface area contributed by atoms with Crippen LogP contribution in [-0.2, 0) is 123 Å². The maximum atomic E-state index is 13.9. The lowest BCUT2D eigenvalue weighted by atomic mass is 9.88. The topological polar surface area (TPSA) is 954 Å². The second-order valence-electron chi connectivity index (χ2n) is 35.2. The van der Waals surface area contributed by atoms with E-state index in [0.717, 1.165) is 34.6 Å². The monoisotopic (exact) mass is 2020 g/mol. The summed E-state index contributed by atoms with van der Waals surface area (Å²) in [5.41, 5.74) is 0. The van der Waals surface area contributed by atoms with Crippen LogP contribution in [0, 0.1) is 0 Å². The molecule has 11 saturated heterocycles. The molecule has 0 radical (unpaired) electrons. The molecule has 11 heterocycles. The molecule has 0 aromatic carbocycles. The molecule has 11 aliphatic rings. The van der Waals surface area contributed by atoms with Gasteiger partial charge in [-0.15, -0.1) is 0 Å². The molecule has 0 aliphatic carbocycles. The number of carboxylic acids is 1. The molecule has 35 N–H and O–H groups in total. The van der Waals surface area contributed by atoms with E-state index in [9.17, 15) is 182 Å². The standard InChI is InChI=1S/C77H128N4O57/c1-17-37(95)47(105)51(109)69(120-17)119-16-32-58(45(103)34(66(115)122-32)79-20(4)90)130-67-35(80-21(5)91)46(104)57(29(13-87)127-67)131-73-55(113)63(44(102)31(129-73)15-118-70-54(112)62(42(100)27(11-85)123-70)134-72-53(111)49(107)40(98)25(9-83)124-72)135-75-65(50(108)41(99)26(10-84)126-75)136-68-36(81-22(6)92)61(133-71-52(110)48(106)38(96)18(2)121-71)59(30(14-88)128-68)132-74-56(114)64(43(101)28(12-86)125-74)138-77(76(116)117)7-23(93)33(78-19(3)89)60(137-77)39(97)24(94)8-82/h17-18,23-75,82-88,93-115H,7-16H2,1-6H3,(H,78,89)(H,79,90)(H,80,91)(H,81,92)(H,116,117)/t17-,18-,23+,24-,25-,26-,27-,28-,29-,30-,31-,32-,33-,34-,35-,36-,37+,38+,39-,40-,41-,42-,43+,44-,45-,46-,47+,48+,49+,50+,51-,52-,53+,54+,55+,56-,57-,58-,59-,60-,61-,62+,63+,64+,65+,66-,67+,68+,69-,70+,71-,72-,73-,74+,75+,77+/m1/s1. The second kappa shape index (κ2) is 48.8. The van der Waals surface area contributed by atoms with E-state index in [1.165, 1.54) is 6.92 Å². The van der Waals surface area contributed by atoms with Gasteiger partial charge in [-0.05, 0) is 13.8 Å². The van der Waals surface area contributed by atoms with Crippen molar-refractivity contribution in [3.8, 4) is 0 Å². The lowest BCUT2D eigenvalue weighted by Gasteiger charge is -2.52. The fourth-order valence-electron chi connectivity index (χ4n) is 17.9. The van der Waals surface area contributed by atoms with E-state index in [0.29, 0.717) is 0 Å². The summed E-state index contributed by atoms with van der Waals surface area (Å²) >= 11 is 0. The maximum Gasteiger partial charge on any atom is 0.364 e. The summed E-state index contributed by atoms with van der Waals surface area (Å²) < 4.78 is 126. The number of nitrogens with one attached hydrogen (secondary N) is 4. The van der Waals surface area contributed by atoms with Crippen molar-refractivity contribution >= 4 is 29.6 Å². The highest BCUT2D eigenvalue weighted by Crippen LogP contribution is 2.44. The Balaban J connectivity index is 0.944. The van der Waals surface area contributed by atoms with Gasteiger partial charge >= 0.3 is 5.97 Å². The van der Waals surface area contributed by atoms with Crippen molar-refractivity contribution < 1.29 is 282 Å². The molecule has 0 spiro atoms. The maximum absolute atomic E-state index is 13.9. The largest absolute Gasteiger partial charge is 0.477 e. The lowest BCUT2D eigenvalue weighted by molar-refractivity contribution is -0.406. The van der Waals surface area contributed by atoms with Gasteiger partial charge in [-0.1, -0.05) is 0 Å². The number of carboxylic acid groups (broad SMARTS) is 1. The van der Waals surface area contributed by atoms with Gasteiger partial charge in [0.05, 0.1) is 83.8 Å². The Labute approximate surface area is 780 Å². The Morgan fingerprint density at radius 3 is 1.18 bits per heavy atom. The van der Waals surface area contributed by atoms with Crippen LogP contribution in [0.2, 0.25) is 0 Å². The Morgan fingerprint density at radius 2 is 0.652 bits per heavy atom. The average Bonchev–Trinajstić information content (AvgIpc) is 0.707. The molecule has 61 nitrogen and oxygen atoms in total. The van der Waals surface area contributed by atoms with Crippen LogP contribution in [0.3, 0.4) is 0 Å². The third kappa shape index (κ3) is 24.7. The molecule has 138 heavy (non-hydrogen) atoms. The number of aliphatic hydroxyl groups excluding tert-OH is 30. The van der Waals surface area contributed by atoms with Crippen molar-refractivity contribution in [2.45, 2.75) is 391 Å². The summed E-state index contributed by atoms with van der Waals surface area (Å²) in [5.74, 6) is -9.57. The van der Waals surface area contributed by atoms with Gasteiger partial charge in [-0.25, -0.2) is 4.79 Å². The summed E-state index contributed by atoms with van der Waals surface area (Å²) in [6, 6.07) is -7.93. The van der Waals surface area contributed by atoms with Crippen molar-refractivity contribution in [1.82, 2.24) is 21.3 Å². The van der Waals surface area contributed by atoms with E-state index in [-0.39, 0.29) is 0 Å². The van der Waals surface area contributed by atoms with Gasteiger partial charge in [-0.2, -0.15) is 0 Å². The third-order valence-electron chi connectivity index (χ3n) is 25.5. The zero-order chi connectivity index (χ0) is 102. The summed E-state index contributed by atoms with van der Waals surface area (Å²) in [7, 11) is 0. The highest BCUT2D eigenvalue weighted by molar-refractivity contribution is 5.77. The summed E-state index contributed by atoms with van der Waals surface area (Å²) in [6.07, 6.45) is -113. The Kier molecular flexibility index (Phi) is 40.1. The number of ether oxygens (including phenoxy) is 21. The summed E-state index contributed by atoms with van der Waals surface area (Å²) in [4.78, 5) is 65.6. The summed E-state index contributed by atoms with van der Waals surface area (Å²) in [6.45, 7) is -4.81. The minimum atomic E-state index is -3.40. The zero-order valence-corrected chi connectivity index (χ0v) is 74.3. The first kappa shape index (κ1) is 114. The van der Waals surface area contributed by atoms with E-state index in [1.54, 1.807) is 0 Å². The molecule has 0 bridgehead atoms. The zero-order valence-electron chi connectivity index (χ0n) is 74.3. The van der Waals surface area contributed by atoms with Gasteiger partial charge < -0.3 is 279 Å². The van der Waals surface area contributed by atoms with Gasteiger partial charge in [0.2, 0.25) is 23.6 Å². The van der Waals surface area contributed by atoms with Crippen LogP contribution in [0.1, 0.15) is 48.0 Å². The average molecular weight is 2020 g/mol. The molecule has 4 amide bonds. The van der Waals surface area contributed by atoms with Crippen molar-refractivity contribution in [2.75, 3.05) is 59.5 Å². The predicted octanol–water partition coefficient (Wildman–Crippen LogP) is -23.1. The van der Waals surface area contributed by atoms with Crippen LogP contribution in [0.15, 0.2) is 0 Å². The van der Waals surface area contributed by atoms with Crippen molar-refractivity contribution in [2.24, 2.45) is 0 Å². The van der Waals surface area contributed by atoms with Gasteiger partial charge in [-0.3, -0.25) is 19.2 Å². The predicted molar refractivity (Wildman–Crippen MR) is 423 cm³/mol. The molecule has 11 aliphatic heterocycles. The van der Waals surface area contributed by atoms with Gasteiger partial charge in [0.15, 0.2) is 62.9 Å². The highest BCUT2D eigenvalue weighted by atomic mass is 16.8. The number of amides is 4. The van der Waals surface area contributed by atoms with Crippen LogP contribution >= 0.6 is 0 Å². The van der Waals surface area contributed by atoms with Crippen molar-refractivity contribution in [1.29, 1.82) is 0 Å². The lowest BCUT2D eigenvalue weighted by Crippen LogP contribution is -2.72. The molecule has 11 rings (SSSR count). The molecule has 56 atom stereocenters. The van der Waals surface area contributed by atoms with Crippen LogP contribution in [0.25, 0.3) is 0 Å². The summed E-state index contributed by atoms with van der Waals surface area (Å²) in [5, 5.41) is 359. The number of aliphatic carboxylic acids is 1. The number of carbonyl (C=O) groups excluding carboxylic acids is 4. The van der Waals surface area contributed by atoms with E-state index in [4.69, 9.17) is 99.5 Å². The Morgan fingerprint density at radius 1 is 0.312 bits per heavy atom. The second-order valence-corrected chi connectivity index (χ2v) is 35.2. The molecule has 61 heteroatoms. The van der Waals surface area contributed by atoms with Crippen molar-refractivity contribution in [3.63, 3.8) is 0 Å². The van der Waals surface area contributed by atoms with Gasteiger partial charge in [0.25, 0.3) is 5.79 Å². The number of rotatable bonds is 36. The first-order valence-electron chi connectivity index (χ1n) is 44.0. The van der Waals surface area contributed by atoms with Gasteiger partial charge in [0, 0.05) is 34.1 Å². The molecular weight excluding hydrogens is 1890 g/mol. The van der Waals surface area contributed by atoms with Crippen LogP contribution in [0.4, 0.5) is 0 Å². The number of hydrogen-bond donors (Lipinski definition) is 35. The molecule has 798 valence electrons. The Hall–Kier alpha value is -4.69. The van der Waals surface area contributed by atoms with E-state index in [2.05, 4.69) is 21.3 Å². The molecule has 0 unspecified atom stereocenters. The van der Waals surface area contributed by atoms with E-state index >= 15 is 0 Å². The molecule has 11 fully saturated rings. The minimum absolute atomic E-state index is 0.827. The minimum Gasteiger partial charge on any atom is -0.477 e. The first-order valence-corrected chi connectivity index (χ1v) is 44.0. The van der Waals surface area contributed by atoms with Crippen LogP contribution in [-0.4, -0.2) is 590 Å². The van der Waals surface area contributed by atoms with Gasteiger partial charge in [0.1, 0.15) is 250 Å². The number of aliphatic hydroxyl groups is 30. The van der Waals surface area contributed by atoms with E-state index in [1.807, 2.05) is 0 Å². The van der Waals surface area contributed by atoms with Crippen LogP contribution in [0.5, 0.6) is 0 Å². The van der Waals surface area contributed by atoms with Crippen molar-refractivity contribution in [3.05, 3.63) is 0 Å². The normalized spacial score (nSPS) is 49.1. The number of carbonyl (C=O) groups is 5. The molecular formula is C77H128N4O57.